The van der Waals surface area contributed by atoms with Gasteiger partial charge in [0.25, 0.3) is 23.7 Å². The maximum Gasteiger partial charge on any atom is 0.425 e. The Bertz CT molecular complexity index is 4170. The molecule has 854 valence electrons. The number of rotatable bonds is 45. The summed E-state index contributed by atoms with van der Waals surface area (Å²) in [5, 5.41) is 0. The highest BCUT2D eigenvalue weighted by Crippen LogP contribution is 2.69. The molecule has 4 aliphatic rings. The maximum absolute atomic E-state index is 13.1. The third-order valence-electron chi connectivity index (χ3n) is 25.2. The van der Waals surface area contributed by atoms with E-state index in [1.54, 1.807) is 104 Å². The average Bonchev–Trinajstić information content (AvgIpc) is 1.54. The molecule has 4 aliphatic carbocycles. The van der Waals surface area contributed by atoms with E-state index in [2.05, 4.69) is 28.4 Å². The number of esters is 14. The fourth-order valence-electron chi connectivity index (χ4n) is 12.6. The fraction of sp³-hybridized carbons (Fsp3) is 0.859. The molecule has 0 heterocycles. The zero-order valence-corrected chi connectivity index (χ0v) is 90.3. The van der Waals surface area contributed by atoms with Crippen LogP contribution in [-0.4, -0.2) is 220 Å². The molecule has 0 amide bonds. The second-order valence-electron chi connectivity index (χ2n) is 42.7. The fourth-order valence-corrected chi connectivity index (χ4v) is 12.6. The SMILES string of the molecule is CCC(C)(C)C(=O)OC(C)(C)C(=O)OC(C)C(F)(F)F.CCC(C)(C)C(=O)OC(C)(C)C(=O)OCC(C)(F)F.CCC(C)(C)C(=O)OC(C)C(=O)OC(C)C(F)(F)F.CCC(C)(C)C(=O)OC(C)C(=O)OCC(C)(F)F.CCC(C)(C)C(=O)OC1CC2CC1C1C3CC(CC3C(=O)OCC(C)(F)F)C21.CCC(C)(C)C(=O)OCC(=O)OCCCC(C)(F)F.CCC(C)(C)C(=O)OCCC(=O)OCCC(F)(F)CC(F)(F)F. The lowest BCUT2D eigenvalue weighted by molar-refractivity contribution is -0.227. The number of alkyl halides is 19. The van der Waals surface area contributed by atoms with Crippen molar-refractivity contribution in [3.8, 4) is 0 Å². The molecule has 0 radical (unpaired) electrons. The van der Waals surface area contributed by atoms with E-state index in [-0.39, 0.29) is 56.4 Å². The molecule has 0 saturated heterocycles. The van der Waals surface area contributed by atoms with Crippen LogP contribution < -0.4 is 0 Å². The molecule has 0 aliphatic heterocycles. The van der Waals surface area contributed by atoms with Gasteiger partial charge in [0.1, 0.15) is 19.1 Å². The number of ether oxygens (including phenoxy) is 14. The molecule has 47 heteroatoms. The summed E-state index contributed by atoms with van der Waals surface area (Å²) in [6.45, 7) is 43.7. The number of carbonyl (C=O) groups is 14. The van der Waals surface area contributed by atoms with Gasteiger partial charge >= 0.3 is 102 Å². The van der Waals surface area contributed by atoms with Crippen molar-refractivity contribution in [1.29, 1.82) is 0 Å². The van der Waals surface area contributed by atoms with E-state index in [9.17, 15) is 151 Å². The van der Waals surface area contributed by atoms with E-state index in [1.807, 2.05) is 41.5 Å². The lowest BCUT2D eigenvalue weighted by Gasteiger charge is -2.41. The van der Waals surface area contributed by atoms with Gasteiger partial charge in [0, 0.05) is 33.6 Å². The minimum absolute atomic E-state index is 0.0550. The first-order valence-electron chi connectivity index (χ1n) is 48.1. The van der Waals surface area contributed by atoms with Crippen molar-refractivity contribution >= 4 is 83.6 Å². The predicted octanol–water partition coefficient (Wildman–Crippen LogP) is 22.9. The monoisotopic (exact) mass is 2160 g/mol. The Balaban J connectivity index is -0.00000165. The minimum Gasteiger partial charge on any atom is -0.465 e. The molecule has 0 aromatic carbocycles. The molecule has 4 rings (SSSR count). The van der Waals surface area contributed by atoms with Crippen molar-refractivity contribution in [3.63, 3.8) is 0 Å². The van der Waals surface area contributed by atoms with Gasteiger partial charge in [-0.1, -0.05) is 48.5 Å². The van der Waals surface area contributed by atoms with Crippen LogP contribution >= 0.6 is 0 Å². The maximum atomic E-state index is 13.1. The Hall–Kier alpha value is -8.75. The highest BCUT2D eigenvalue weighted by Gasteiger charge is 2.67. The second-order valence-corrected chi connectivity index (χ2v) is 42.7. The van der Waals surface area contributed by atoms with Crippen molar-refractivity contribution in [3.05, 3.63) is 0 Å². The first-order valence-corrected chi connectivity index (χ1v) is 48.1. The Kier molecular flexibility index (Phi) is 55.6. The Morgan fingerprint density at radius 1 is 0.308 bits per heavy atom. The molecule has 0 aromatic heterocycles. The molecule has 12 atom stereocenters. The largest absolute Gasteiger partial charge is 0.465 e. The highest BCUT2D eigenvalue weighted by atomic mass is 19.4. The van der Waals surface area contributed by atoms with Gasteiger partial charge < -0.3 is 66.3 Å². The zero-order chi connectivity index (χ0) is 116. The summed E-state index contributed by atoms with van der Waals surface area (Å²) >= 11 is 0. The van der Waals surface area contributed by atoms with Gasteiger partial charge in [-0.25, -0.2) is 67.9 Å². The van der Waals surface area contributed by atoms with Crippen LogP contribution in [0, 0.1) is 79.3 Å². The molecule has 28 nitrogen and oxygen atoms in total. The first-order chi connectivity index (χ1) is 65.3. The molecular formula is C99H157F19O28. The molecule has 0 aromatic rings. The molecule has 0 N–H and O–H groups in total. The summed E-state index contributed by atoms with van der Waals surface area (Å²) in [5.41, 5.74) is -8.29. The third-order valence-corrected chi connectivity index (χ3v) is 25.2. The van der Waals surface area contributed by atoms with Gasteiger partial charge in [0.15, 0.2) is 50.8 Å². The van der Waals surface area contributed by atoms with Crippen LogP contribution in [0.3, 0.4) is 0 Å². The van der Waals surface area contributed by atoms with Gasteiger partial charge in [0.2, 0.25) is 17.1 Å². The average molecular weight is 2160 g/mol. The Morgan fingerprint density at radius 2 is 0.664 bits per heavy atom. The number of hydrogen-bond donors (Lipinski definition) is 0. The van der Waals surface area contributed by atoms with Gasteiger partial charge in [-0.15, -0.1) is 0 Å². The number of halogens is 19. The van der Waals surface area contributed by atoms with Crippen molar-refractivity contribution in [2.24, 2.45) is 79.3 Å². The van der Waals surface area contributed by atoms with E-state index < -0.39 is 245 Å². The molecule has 4 fully saturated rings. The van der Waals surface area contributed by atoms with Gasteiger partial charge in [-0.05, 0) is 272 Å². The van der Waals surface area contributed by atoms with Gasteiger partial charge in [-0.2, -0.15) is 39.5 Å². The number of fused-ring (bicyclic) bond motifs is 9. The normalized spacial score (nSPS) is 19.0. The Labute approximate surface area is 844 Å². The predicted molar refractivity (Wildman–Crippen MR) is 489 cm³/mol. The van der Waals surface area contributed by atoms with Crippen LogP contribution in [0.15, 0.2) is 0 Å². The van der Waals surface area contributed by atoms with Crippen LogP contribution in [0.5, 0.6) is 0 Å². The molecular weight excluding hydrogens is 2000 g/mol. The number of carbonyl (C=O) groups excluding carboxylic acids is 14. The second kappa shape index (κ2) is 57.5. The molecule has 4 bridgehead atoms. The van der Waals surface area contributed by atoms with Gasteiger partial charge in [-0.3, -0.25) is 43.2 Å². The topological polar surface area (TPSA) is 368 Å². The minimum atomic E-state index is -4.99. The summed E-state index contributed by atoms with van der Waals surface area (Å²) in [6, 6.07) is 0. The summed E-state index contributed by atoms with van der Waals surface area (Å²) in [6.07, 6.45) is -17.8. The van der Waals surface area contributed by atoms with Crippen LogP contribution in [0.25, 0.3) is 0 Å². The quantitative estimate of drug-likeness (QED) is 0.0180. The standard InChI is InChI=1S/C22H32F2O4.C14H21F5O4.C13H21F3O4.2C13H22F2O4.C12H19F3O4.C12H20F2O4/c1-5-21(2,3)20(26)28-16-9-12-8-15(16)18-13-6-11(17(12)18)7-14(13)19(25)27-10-22(4,23)24;1-4-12(2,3)11(21)23-7-5-10(20)22-8-6-13(15,16)9-14(17,18)19;1-7-11(3,4)9(17)20-12(5,6)10(18)19-8(2)13(14,15)16;1-7-11(2,3)9(16)19-12(4,5)10(17)18-8-13(6,14)15;1-5-12(2,3)11(17)19-9-10(16)18-8-6-7-13(4,14)15;1-6-11(4,5)10(17)18-7(2)9(16)19-8(3)12(13,14)15;1-6-11(3,4)10(16)18-8(2)9(15)17-7-12(5,13)14/h11-18H,5-10H2,1-4H3;4-9H2,1-3H3;8H,7H2,1-6H3;7-8H2,1-6H3;5-9H2,1-4H3;7-8H,6H2,1-5H3;8H,6-7H2,1-5H3. The summed E-state index contributed by atoms with van der Waals surface area (Å²) in [4.78, 5) is 163. The Morgan fingerprint density at radius 3 is 1.07 bits per heavy atom. The zero-order valence-electron chi connectivity index (χ0n) is 90.3. The molecule has 4 saturated carbocycles. The van der Waals surface area contributed by atoms with E-state index >= 15 is 0 Å². The molecule has 12 unspecified atom stereocenters. The van der Waals surface area contributed by atoms with Crippen molar-refractivity contribution < 1.29 is 217 Å². The first kappa shape index (κ1) is 141. The molecule has 0 spiro atoms. The van der Waals surface area contributed by atoms with Gasteiger partial charge in [0.05, 0.1) is 63.5 Å². The lowest BCUT2D eigenvalue weighted by Crippen LogP contribution is -2.45. The highest BCUT2D eigenvalue weighted by molar-refractivity contribution is 5.87. The van der Waals surface area contributed by atoms with E-state index in [0.717, 1.165) is 46.0 Å². The summed E-state index contributed by atoms with van der Waals surface area (Å²) < 4.78 is 303. The van der Waals surface area contributed by atoms with E-state index in [0.29, 0.717) is 95.8 Å². The van der Waals surface area contributed by atoms with Crippen molar-refractivity contribution in [1.82, 2.24) is 0 Å². The molecule has 146 heavy (non-hydrogen) atoms. The van der Waals surface area contributed by atoms with Crippen molar-refractivity contribution in [2.45, 2.75) is 421 Å². The van der Waals surface area contributed by atoms with Crippen molar-refractivity contribution in [2.75, 3.05) is 46.2 Å². The lowest BCUT2D eigenvalue weighted by atomic mass is 9.66. The third kappa shape index (κ3) is 53.1. The number of hydrogen-bond acceptors (Lipinski definition) is 28. The van der Waals surface area contributed by atoms with Crippen LogP contribution in [-0.2, 0) is 133 Å². The summed E-state index contributed by atoms with van der Waals surface area (Å²) in [5.74, 6) is -23.7. The van der Waals surface area contributed by atoms with E-state index in [1.165, 1.54) is 41.5 Å². The smallest absolute Gasteiger partial charge is 0.425 e. The van der Waals surface area contributed by atoms with Crippen LogP contribution in [0.4, 0.5) is 83.4 Å². The van der Waals surface area contributed by atoms with Crippen LogP contribution in [0.1, 0.15) is 331 Å². The van der Waals surface area contributed by atoms with E-state index in [4.69, 9.17) is 37.9 Å². The van der Waals surface area contributed by atoms with Crippen LogP contribution in [0.2, 0.25) is 0 Å². The summed E-state index contributed by atoms with van der Waals surface area (Å²) in [7, 11) is 0.